The Kier molecular flexibility index (Phi) is 6.35. The third-order valence-corrected chi connectivity index (χ3v) is 5.81. The summed E-state index contributed by atoms with van der Waals surface area (Å²) in [5, 5.41) is 2.92. The van der Waals surface area contributed by atoms with E-state index < -0.39 is 0 Å². The van der Waals surface area contributed by atoms with Crippen molar-refractivity contribution in [2.45, 2.75) is 17.8 Å². The predicted octanol–water partition coefficient (Wildman–Crippen LogP) is 4.11. The average molecular weight is 389 g/mol. The average Bonchev–Trinajstić information content (AvgIpc) is 3.07. The fourth-order valence-electron chi connectivity index (χ4n) is 2.42. The van der Waals surface area contributed by atoms with E-state index in [1.807, 2.05) is 49.4 Å². The normalized spacial score (nSPS) is 10.7. The summed E-state index contributed by atoms with van der Waals surface area (Å²) in [7, 11) is 1.63. The molecule has 5 nitrogen and oxygen atoms in total. The van der Waals surface area contributed by atoms with Crippen molar-refractivity contribution in [3.63, 3.8) is 0 Å². The van der Waals surface area contributed by atoms with Gasteiger partial charge < -0.3 is 14.8 Å². The zero-order valence-corrected chi connectivity index (χ0v) is 16.3. The van der Waals surface area contributed by atoms with Gasteiger partial charge in [0, 0.05) is 12.1 Å². The number of nitrogens with zero attached hydrogens (tertiary/aromatic N) is 1. The molecule has 1 N–H and O–H groups in total. The van der Waals surface area contributed by atoms with Gasteiger partial charge in [-0.15, -0.1) is 11.3 Å². The van der Waals surface area contributed by atoms with Gasteiger partial charge in [-0.2, -0.15) is 0 Å². The minimum atomic E-state index is -0.0323. The highest BCUT2D eigenvalue weighted by atomic mass is 32.2. The molecule has 0 saturated carbocycles. The Bertz CT molecular complexity index is 895. The second kappa shape index (κ2) is 8.91. The number of benzene rings is 2. The second-order valence-electron chi connectivity index (χ2n) is 5.42. The molecule has 1 heterocycles. The van der Waals surface area contributed by atoms with Gasteiger partial charge >= 0.3 is 0 Å². The number of para-hydroxylation sites is 1. The molecule has 1 amide bonds. The number of nitrogens with one attached hydrogen (secondary N) is 1. The number of carbonyl (C=O) groups is 1. The van der Waals surface area contributed by atoms with Crippen molar-refractivity contribution < 1.29 is 14.3 Å². The zero-order valence-electron chi connectivity index (χ0n) is 14.7. The Morgan fingerprint density at radius 1 is 1.27 bits per heavy atom. The Morgan fingerprint density at radius 3 is 2.92 bits per heavy atom. The van der Waals surface area contributed by atoms with E-state index in [0.29, 0.717) is 18.9 Å². The molecule has 26 heavy (non-hydrogen) atoms. The van der Waals surface area contributed by atoms with Crippen LogP contribution in [0.4, 0.5) is 0 Å². The Balaban J connectivity index is 1.55. The minimum Gasteiger partial charge on any atom is -0.496 e. The number of aromatic nitrogens is 1. The van der Waals surface area contributed by atoms with Crippen LogP contribution in [0.2, 0.25) is 0 Å². The van der Waals surface area contributed by atoms with Crippen molar-refractivity contribution in [2.75, 3.05) is 19.5 Å². The molecule has 0 fully saturated rings. The van der Waals surface area contributed by atoms with Gasteiger partial charge in [-0.25, -0.2) is 4.98 Å². The van der Waals surface area contributed by atoms with E-state index in [1.165, 1.54) is 11.8 Å². The van der Waals surface area contributed by atoms with Gasteiger partial charge in [0.15, 0.2) is 4.34 Å². The van der Waals surface area contributed by atoms with E-state index in [-0.39, 0.29) is 5.91 Å². The van der Waals surface area contributed by atoms with Gasteiger partial charge in [0.05, 0.1) is 29.7 Å². The fraction of sp³-hybridized carbons (Fsp3) is 0.263. The van der Waals surface area contributed by atoms with Crippen LogP contribution in [0, 0.1) is 0 Å². The van der Waals surface area contributed by atoms with Crippen molar-refractivity contribution in [1.29, 1.82) is 0 Å². The summed E-state index contributed by atoms with van der Waals surface area (Å²) >= 11 is 3.01. The van der Waals surface area contributed by atoms with Gasteiger partial charge in [-0.3, -0.25) is 4.79 Å². The number of thioether (sulfide) groups is 1. The van der Waals surface area contributed by atoms with Gasteiger partial charge in [0.1, 0.15) is 11.5 Å². The molecule has 0 atom stereocenters. The molecule has 0 saturated heterocycles. The molecular weight excluding hydrogens is 368 g/mol. The number of rotatable bonds is 8. The van der Waals surface area contributed by atoms with Crippen LogP contribution in [0.5, 0.6) is 11.5 Å². The number of hydrogen-bond acceptors (Lipinski definition) is 6. The predicted molar refractivity (Wildman–Crippen MR) is 106 cm³/mol. The van der Waals surface area contributed by atoms with E-state index in [4.69, 9.17) is 9.47 Å². The first-order valence-electron chi connectivity index (χ1n) is 8.24. The molecule has 0 aliphatic heterocycles. The number of thiazole rings is 1. The highest BCUT2D eigenvalue weighted by Crippen LogP contribution is 2.31. The molecule has 0 unspecified atom stereocenters. The summed E-state index contributed by atoms with van der Waals surface area (Å²) in [4.78, 5) is 16.7. The van der Waals surface area contributed by atoms with Gasteiger partial charge in [-0.05, 0) is 31.2 Å². The lowest BCUT2D eigenvalue weighted by Gasteiger charge is -2.09. The van der Waals surface area contributed by atoms with Crippen LogP contribution in [0.15, 0.2) is 46.8 Å². The summed E-state index contributed by atoms with van der Waals surface area (Å²) in [5.74, 6) is 1.91. The van der Waals surface area contributed by atoms with Crippen molar-refractivity contribution in [1.82, 2.24) is 10.3 Å². The molecule has 3 aromatic rings. The number of carbonyl (C=O) groups excluding carboxylic acids is 1. The number of fused-ring (bicyclic) bond motifs is 1. The largest absolute Gasteiger partial charge is 0.496 e. The lowest BCUT2D eigenvalue weighted by molar-refractivity contribution is -0.118. The quantitative estimate of drug-likeness (QED) is 0.589. The summed E-state index contributed by atoms with van der Waals surface area (Å²) in [6.07, 6.45) is 0. The van der Waals surface area contributed by atoms with Crippen molar-refractivity contribution in [3.05, 3.63) is 48.0 Å². The van der Waals surface area contributed by atoms with Crippen molar-refractivity contribution in [2.24, 2.45) is 0 Å². The number of ether oxygens (including phenoxy) is 2. The molecular formula is C19H20N2O3S2. The van der Waals surface area contributed by atoms with E-state index >= 15 is 0 Å². The molecule has 0 bridgehead atoms. The molecule has 0 aliphatic rings. The van der Waals surface area contributed by atoms with Crippen LogP contribution in [0.1, 0.15) is 12.5 Å². The Morgan fingerprint density at radius 2 is 2.12 bits per heavy atom. The maximum Gasteiger partial charge on any atom is 0.230 e. The molecule has 136 valence electrons. The maximum absolute atomic E-state index is 12.1. The molecule has 2 aromatic carbocycles. The third-order valence-electron chi connectivity index (χ3n) is 3.65. The van der Waals surface area contributed by atoms with Gasteiger partial charge in [0.2, 0.25) is 5.91 Å². The fourth-order valence-corrected chi connectivity index (χ4v) is 4.35. The molecule has 1 aromatic heterocycles. The first-order valence-corrected chi connectivity index (χ1v) is 10.0. The molecule has 0 radical (unpaired) electrons. The first kappa shape index (κ1) is 18.5. The van der Waals surface area contributed by atoms with Crippen LogP contribution >= 0.6 is 23.1 Å². The highest BCUT2D eigenvalue weighted by molar-refractivity contribution is 8.01. The van der Waals surface area contributed by atoms with Crippen LogP contribution in [0.3, 0.4) is 0 Å². The minimum absolute atomic E-state index is 0.0323. The zero-order chi connectivity index (χ0) is 18.4. The maximum atomic E-state index is 12.1. The smallest absolute Gasteiger partial charge is 0.230 e. The first-order chi connectivity index (χ1) is 12.7. The van der Waals surface area contributed by atoms with Crippen LogP contribution < -0.4 is 14.8 Å². The van der Waals surface area contributed by atoms with Crippen LogP contribution in [-0.2, 0) is 11.3 Å². The van der Waals surface area contributed by atoms with Crippen molar-refractivity contribution >= 4 is 39.2 Å². The summed E-state index contributed by atoms with van der Waals surface area (Å²) < 4.78 is 12.7. The number of hydrogen-bond donors (Lipinski definition) is 1. The van der Waals surface area contributed by atoms with Gasteiger partial charge in [0.25, 0.3) is 0 Å². The molecule has 0 aliphatic carbocycles. The van der Waals surface area contributed by atoms with Crippen molar-refractivity contribution in [3.8, 4) is 11.5 Å². The molecule has 0 spiro atoms. The van der Waals surface area contributed by atoms with Gasteiger partial charge in [-0.1, -0.05) is 30.0 Å². The monoisotopic (exact) mass is 388 g/mol. The van der Waals surface area contributed by atoms with Crippen LogP contribution in [-0.4, -0.2) is 30.4 Å². The third kappa shape index (κ3) is 4.68. The lowest BCUT2D eigenvalue weighted by atomic mass is 10.2. The SMILES string of the molecule is CCOc1ccc2nc(SCC(=O)NCc3ccccc3OC)sc2c1. The standard InChI is InChI=1S/C19H20N2O3S2/c1-3-24-14-8-9-15-17(10-14)26-19(21-15)25-12-18(22)20-11-13-6-4-5-7-16(13)23-2/h4-10H,3,11-12H2,1-2H3,(H,20,22). The highest BCUT2D eigenvalue weighted by Gasteiger charge is 2.09. The van der Waals surface area contributed by atoms with E-state index in [2.05, 4.69) is 10.3 Å². The summed E-state index contributed by atoms with van der Waals surface area (Å²) in [6.45, 7) is 3.04. The molecule has 7 heteroatoms. The van der Waals surface area contributed by atoms with E-state index in [0.717, 1.165) is 31.6 Å². The van der Waals surface area contributed by atoms with E-state index in [9.17, 15) is 4.79 Å². The topological polar surface area (TPSA) is 60.5 Å². The summed E-state index contributed by atoms with van der Waals surface area (Å²) in [5.41, 5.74) is 1.88. The Labute approximate surface area is 160 Å². The van der Waals surface area contributed by atoms with E-state index in [1.54, 1.807) is 18.4 Å². The Hall–Kier alpha value is -2.25. The lowest BCUT2D eigenvalue weighted by Crippen LogP contribution is -2.24. The summed E-state index contributed by atoms with van der Waals surface area (Å²) in [6, 6.07) is 13.5. The number of amides is 1. The molecule has 3 rings (SSSR count). The van der Waals surface area contributed by atoms with Crippen LogP contribution in [0.25, 0.3) is 10.2 Å². The second-order valence-corrected chi connectivity index (χ2v) is 7.67. The number of methoxy groups -OCH3 is 1.